The third-order valence-electron chi connectivity index (χ3n) is 13.9. The number of fused-ring (bicyclic) bond motifs is 3. The largest absolute Gasteiger partial charge is 1.00 e. The van der Waals surface area contributed by atoms with Crippen LogP contribution in [-0.2, 0) is 53.4 Å². The molecule has 0 saturated heterocycles. The summed E-state index contributed by atoms with van der Waals surface area (Å²) in [6.45, 7) is 16.4. The van der Waals surface area contributed by atoms with Crippen LogP contribution in [0, 0.1) is 0 Å². The zero-order chi connectivity index (χ0) is 52.2. The average molecular weight is 1070 g/mol. The maximum atomic E-state index is 14.8. The first-order valence-corrected chi connectivity index (χ1v) is 23.0. The quantitative estimate of drug-likeness (QED) is 0.0986. The minimum absolute atomic E-state index is 0. The summed E-state index contributed by atoms with van der Waals surface area (Å²) in [6.07, 6.45) is -16.9. The van der Waals surface area contributed by atoms with Gasteiger partial charge in [-0.2, -0.15) is 52.7 Å². The number of hydrogen-bond donors (Lipinski definition) is 0. The molecule has 390 valence electrons. The number of halogens is 13. The van der Waals surface area contributed by atoms with Crippen molar-refractivity contribution in [3.63, 3.8) is 0 Å². The molecule has 1 aliphatic rings. The van der Waals surface area contributed by atoms with Crippen molar-refractivity contribution in [2.75, 3.05) is 28.4 Å². The van der Waals surface area contributed by atoms with Crippen molar-refractivity contribution in [1.29, 1.82) is 0 Å². The molecule has 0 saturated carbocycles. The molecule has 1 aliphatic heterocycles. The van der Waals surface area contributed by atoms with E-state index >= 15 is 0 Å². The van der Waals surface area contributed by atoms with E-state index in [1.807, 2.05) is 27.8 Å². The second kappa shape index (κ2) is 20.5. The molecule has 1 atom stereocenters. The fourth-order valence-corrected chi connectivity index (χ4v) is 10.1. The Morgan fingerprint density at radius 3 is 1.04 bits per heavy atom. The first-order valence-electron chi connectivity index (χ1n) is 23.0. The van der Waals surface area contributed by atoms with Crippen LogP contribution in [0.1, 0.15) is 145 Å². The first kappa shape index (κ1) is 58.6. The predicted molar refractivity (Wildman–Crippen MR) is 245 cm³/mol. The number of rotatable bonds is 13. The van der Waals surface area contributed by atoms with Crippen molar-refractivity contribution in [3.05, 3.63) is 93.0 Å². The number of quaternary nitrogens is 1. The van der Waals surface area contributed by atoms with Crippen LogP contribution >= 0.6 is 0 Å². The van der Waals surface area contributed by atoms with Gasteiger partial charge in [-0.1, -0.05) is 81.1 Å². The van der Waals surface area contributed by atoms with Gasteiger partial charge in [-0.15, -0.1) is 0 Å². The number of hydrogen-bond acceptors (Lipinski definition) is 3. The number of methoxy groups -OCH3 is 3. The lowest BCUT2D eigenvalue weighted by Crippen LogP contribution is -3.00. The summed E-state index contributed by atoms with van der Waals surface area (Å²) in [5.74, 6) is 0.00704. The van der Waals surface area contributed by atoms with Crippen LogP contribution in [-0.4, -0.2) is 44.5 Å². The Bertz CT molecular complexity index is 2280. The normalized spacial score (nSPS) is 15.2. The number of likely N-dealkylation sites (N-methyl/N-ethyl adjacent to an activating group) is 1. The summed E-state index contributed by atoms with van der Waals surface area (Å²) in [6, 6.07) is 5.61. The molecule has 0 N–H and O–H groups in total. The van der Waals surface area contributed by atoms with E-state index in [0.29, 0.717) is 72.2 Å². The van der Waals surface area contributed by atoms with Gasteiger partial charge in [0.1, 0.15) is 36.2 Å². The molecule has 4 aromatic carbocycles. The summed E-state index contributed by atoms with van der Waals surface area (Å²) in [4.78, 5) is 0. The van der Waals surface area contributed by atoms with Crippen LogP contribution in [0.2, 0.25) is 0 Å². The van der Waals surface area contributed by atoms with Crippen molar-refractivity contribution < 1.29 is 88.4 Å². The summed E-state index contributed by atoms with van der Waals surface area (Å²) in [5, 5.41) is 0. The molecule has 5 rings (SSSR count). The van der Waals surface area contributed by atoms with Gasteiger partial charge in [0, 0.05) is 40.5 Å². The van der Waals surface area contributed by atoms with Crippen molar-refractivity contribution >= 4 is 0 Å². The maximum absolute atomic E-state index is 14.8. The van der Waals surface area contributed by atoms with Crippen LogP contribution in [0.3, 0.4) is 0 Å². The number of alkyl halides is 12. The lowest BCUT2D eigenvalue weighted by molar-refractivity contribution is -0.963. The summed E-state index contributed by atoms with van der Waals surface area (Å²) >= 11 is 0. The van der Waals surface area contributed by atoms with Gasteiger partial charge in [0.2, 0.25) is 0 Å². The first-order chi connectivity index (χ1) is 31.5. The van der Waals surface area contributed by atoms with E-state index in [1.54, 1.807) is 60.8 Å². The molecule has 0 aromatic heterocycles. The van der Waals surface area contributed by atoms with Crippen molar-refractivity contribution in [2.24, 2.45) is 0 Å². The van der Waals surface area contributed by atoms with E-state index in [2.05, 4.69) is 0 Å². The second-order valence-corrected chi connectivity index (χ2v) is 20.8. The van der Waals surface area contributed by atoms with Crippen molar-refractivity contribution in [2.45, 2.75) is 161 Å². The number of nitrogens with zero attached hydrogens (tertiary/aromatic N) is 1. The van der Waals surface area contributed by atoms with Crippen LogP contribution in [0.5, 0.6) is 11.5 Å². The van der Waals surface area contributed by atoms with E-state index in [-0.39, 0.29) is 80.4 Å². The predicted octanol–water partition coefficient (Wildman–Crippen LogP) is 14.0. The van der Waals surface area contributed by atoms with Crippen molar-refractivity contribution in [3.8, 4) is 44.9 Å². The Morgan fingerprint density at radius 2 is 0.814 bits per heavy atom. The van der Waals surface area contributed by atoms with E-state index in [0.717, 1.165) is 12.8 Å². The summed E-state index contributed by atoms with van der Waals surface area (Å²) in [7, 11) is 5.96. The Hall–Kier alpha value is -3.96. The standard InChI is InChI=1S/C53H64F12NO3.BrH/c1-14-16-18-49(69-13,19-17-15-2)30(3)66(10)28-39-37(26-41(47(4,5)6)45(67-11)43(39)31-20-33(50(54,55)56)24-34(21-31)51(57,58)59)38-27-42(48(7,8)9)46(68-12)44(40(38)29-66)32-22-35(52(60,61)62)25-36(23-32)53(63,64)65;/h20-27,30H,14-19,28-29H2,1-13H3;1H/q+1;/p-1/t30-;/m0./s1. The van der Waals surface area contributed by atoms with E-state index in [9.17, 15) is 52.7 Å². The van der Waals surface area contributed by atoms with Gasteiger partial charge >= 0.3 is 24.7 Å². The van der Waals surface area contributed by atoms with Gasteiger partial charge in [0.15, 0.2) is 0 Å². The van der Waals surface area contributed by atoms with E-state index in [1.165, 1.54) is 14.2 Å². The maximum Gasteiger partial charge on any atom is 0.416 e. The van der Waals surface area contributed by atoms with Crippen LogP contribution < -0.4 is 26.5 Å². The molecule has 1 heterocycles. The number of unbranched alkanes of at least 4 members (excludes halogenated alkanes) is 2. The summed E-state index contributed by atoms with van der Waals surface area (Å²) < 4.78 is 196. The van der Waals surface area contributed by atoms with E-state index < -0.39 is 80.6 Å². The van der Waals surface area contributed by atoms with Crippen LogP contribution in [0.15, 0.2) is 48.5 Å². The van der Waals surface area contributed by atoms with Gasteiger partial charge in [0.25, 0.3) is 0 Å². The molecule has 0 fully saturated rings. The Labute approximate surface area is 414 Å². The van der Waals surface area contributed by atoms with Gasteiger partial charge < -0.3 is 35.7 Å². The molecule has 0 bridgehead atoms. The molecule has 0 radical (unpaired) electrons. The molecule has 0 unspecified atom stereocenters. The van der Waals surface area contributed by atoms with Crippen LogP contribution in [0.4, 0.5) is 52.7 Å². The molecule has 17 heteroatoms. The number of ether oxygens (including phenoxy) is 3. The lowest BCUT2D eigenvalue weighted by atomic mass is 9.76. The van der Waals surface area contributed by atoms with Gasteiger partial charge in [-0.25, -0.2) is 0 Å². The molecule has 0 spiro atoms. The van der Waals surface area contributed by atoms with Gasteiger partial charge in [-0.3, -0.25) is 0 Å². The van der Waals surface area contributed by atoms with E-state index in [4.69, 9.17) is 14.2 Å². The average Bonchev–Trinajstić information content (AvgIpc) is 3.36. The second-order valence-electron chi connectivity index (χ2n) is 20.8. The minimum Gasteiger partial charge on any atom is -1.00 e. The van der Waals surface area contributed by atoms with Gasteiger partial charge in [-0.05, 0) is 101 Å². The summed E-state index contributed by atoms with van der Waals surface area (Å²) in [5.41, 5.74) is -8.21. The third-order valence-corrected chi connectivity index (χ3v) is 13.9. The molecular weight excluding hydrogens is 1010 g/mol. The third kappa shape index (κ3) is 11.8. The zero-order valence-corrected chi connectivity index (χ0v) is 43.5. The fourth-order valence-electron chi connectivity index (χ4n) is 10.1. The zero-order valence-electron chi connectivity index (χ0n) is 41.9. The van der Waals surface area contributed by atoms with Crippen molar-refractivity contribution in [1.82, 2.24) is 0 Å². The van der Waals surface area contributed by atoms with Gasteiger partial charge in [0.05, 0.1) is 43.5 Å². The number of benzene rings is 4. The highest BCUT2D eigenvalue weighted by Crippen LogP contribution is 2.56. The molecule has 70 heavy (non-hydrogen) atoms. The smallest absolute Gasteiger partial charge is 0.416 e. The highest BCUT2D eigenvalue weighted by Gasteiger charge is 2.50. The Balaban J connectivity index is 0.0000107. The minimum atomic E-state index is -5.22. The lowest BCUT2D eigenvalue weighted by Gasteiger charge is -2.49. The molecule has 4 aromatic rings. The molecule has 0 amide bonds. The molecule has 4 nitrogen and oxygen atoms in total. The highest BCUT2D eigenvalue weighted by atomic mass is 79.9. The monoisotopic (exact) mass is 1070 g/mol. The molecular formula is C53H64BrF12NO3. The highest BCUT2D eigenvalue weighted by molar-refractivity contribution is 5.91. The SMILES string of the molecule is CCCCC(CCCC)(OC)[C@H](C)[N+]1(C)Cc2c(cc(C(C)(C)C)c(OC)c2-c2cc(C(F)(F)F)cc(C(F)(F)F)c2)-c2cc(C(C)(C)C)c(OC)c(-c3cc(C(F)(F)F)cc(C(F)(F)F)c3)c2C1.[Br-]. The molecule has 0 aliphatic carbocycles. The Kier molecular flexibility index (Phi) is 17.2. The Morgan fingerprint density at radius 1 is 0.514 bits per heavy atom. The fraction of sp³-hybridized carbons (Fsp3) is 0.547. The topological polar surface area (TPSA) is 27.7 Å². The van der Waals surface area contributed by atoms with Crippen LogP contribution in [0.25, 0.3) is 33.4 Å².